The minimum Gasteiger partial charge on any atom is -0.466 e. The number of fused-ring (bicyclic) bond motifs is 1. The second kappa shape index (κ2) is 8.51. The Morgan fingerprint density at radius 2 is 1.77 bits per heavy atom. The number of carbonyl (C=O) groups is 1. The number of hydrogen-bond donors (Lipinski definition) is 1. The highest BCUT2D eigenvalue weighted by molar-refractivity contribution is 5.72. The Morgan fingerprint density at radius 1 is 1.13 bits per heavy atom. The number of aryl methyl sites for hydroxylation is 1. The number of nitrogens with zero attached hydrogens (tertiary/aromatic N) is 1. The van der Waals surface area contributed by atoms with Crippen LogP contribution < -0.4 is 0 Å². The van der Waals surface area contributed by atoms with E-state index in [1.165, 1.54) is 26.4 Å². The lowest BCUT2D eigenvalue weighted by molar-refractivity contribution is -0.384. The van der Waals surface area contributed by atoms with Crippen molar-refractivity contribution < 1.29 is 29.0 Å². The van der Waals surface area contributed by atoms with Gasteiger partial charge in [0.15, 0.2) is 0 Å². The molecule has 3 rings (SSSR count). The summed E-state index contributed by atoms with van der Waals surface area (Å²) in [6, 6.07) is 11.9. The normalized spacial score (nSPS) is 19.7. The van der Waals surface area contributed by atoms with E-state index in [-0.39, 0.29) is 25.1 Å². The van der Waals surface area contributed by atoms with Crippen LogP contribution in [0.4, 0.5) is 5.69 Å². The van der Waals surface area contributed by atoms with Gasteiger partial charge in [0.1, 0.15) is 5.60 Å². The Hall–Kier alpha value is -2.81. The van der Waals surface area contributed by atoms with Crippen LogP contribution in [0.15, 0.2) is 42.5 Å². The molecule has 0 saturated heterocycles. The van der Waals surface area contributed by atoms with E-state index in [2.05, 4.69) is 0 Å². The van der Waals surface area contributed by atoms with E-state index in [1.807, 2.05) is 12.1 Å². The van der Waals surface area contributed by atoms with Gasteiger partial charge in [-0.05, 0) is 48.6 Å². The fraction of sp³-hybridized carbons (Fsp3) is 0.409. The van der Waals surface area contributed by atoms with E-state index in [0.717, 1.165) is 16.7 Å². The molecule has 0 amide bonds. The predicted molar refractivity (Wildman–Crippen MR) is 109 cm³/mol. The second-order valence-electron chi connectivity index (χ2n) is 7.21. The first-order valence-corrected chi connectivity index (χ1v) is 9.66. The van der Waals surface area contributed by atoms with Crippen LogP contribution in [0.1, 0.15) is 30.9 Å². The van der Waals surface area contributed by atoms with E-state index in [4.69, 9.17) is 14.2 Å². The van der Waals surface area contributed by atoms with Gasteiger partial charge in [-0.2, -0.15) is 0 Å². The Balaban J connectivity index is 2.00. The van der Waals surface area contributed by atoms with Crippen molar-refractivity contribution in [2.45, 2.75) is 37.6 Å². The maximum absolute atomic E-state index is 12.1. The monoisotopic (exact) mass is 415 g/mol. The van der Waals surface area contributed by atoms with Crippen molar-refractivity contribution in [3.8, 4) is 11.1 Å². The Labute approximate surface area is 174 Å². The number of methoxy groups -OCH3 is 2. The number of nitro benzene ring substituents is 1. The molecule has 0 radical (unpaired) electrons. The van der Waals surface area contributed by atoms with Gasteiger partial charge in [-0.1, -0.05) is 18.2 Å². The van der Waals surface area contributed by atoms with Gasteiger partial charge < -0.3 is 19.3 Å². The van der Waals surface area contributed by atoms with Crippen molar-refractivity contribution >= 4 is 11.7 Å². The summed E-state index contributed by atoms with van der Waals surface area (Å²) >= 11 is 0. The summed E-state index contributed by atoms with van der Waals surface area (Å²) in [5, 5.41) is 22.3. The lowest BCUT2D eigenvalue weighted by atomic mass is 9.72. The van der Waals surface area contributed by atoms with Crippen LogP contribution in [-0.2, 0) is 31.2 Å². The number of nitro groups is 1. The molecule has 0 fully saturated rings. The van der Waals surface area contributed by atoms with Crippen LogP contribution in [0.25, 0.3) is 11.1 Å². The minimum absolute atomic E-state index is 0.0264. The maximum atomic E-state index is 12.1. The zero-order valence-electron chi connectivity index (χ0n) is 17.2. The summed E-state index contributed by atoms with van der Waals surface area (Å²) in [6.45, 7) is 1.93. The average Bonchev–Trinajstić information content (AvgIpc) is 2.74. The summed E-state index contributed by atoms with van der Waals surface area (Å²) in [5.74, 6) is -2.05. The first-order chi connectivity index (χ1) is 14.3. The molecule has 2 aromatic carbocycles. The fourth-order valence-electron chi connectivity index (χ4n) is 4.17. The summed E-state index contributed by atoms with van der Waals surface area (Å²) in [6.07, 6.45) is 0.483. The third-order valence-electron chi connectivity index (χ3n) is 5.61. The van der Waals surface area contributed by atoms with Crippen molar-refractivity contribution in [3.63, 3.8) is 0 Å². The molecule has 2 aromatic rings. The Morgan fingerprint density at radius 3 is 2.33 bits per heavy atom. The van der Waals surface area contributed by atoms with Gasteiger partial charge in [0.05, 0.1) is 18.0 Å². The fourth-order valence-corrected chi connectivity index (χ4v) is 4.17. The quantitative estimate of drug-likeness (QED) is 0.320. The molecule has 0 aromatic heterocycles. The molecule has 0 saturated carbocycles. The highest BCUT2D eigenvalue weighted by Crippen LogP contribution is 2.48. The molecule has 1 aliphatic rings. The number of benzene rings is 2. The Bertz CT molecular complexity index is 937. The van der Waals surface area contributed by atoms with Crippen LogP contribution >= 0.6 is 0 Å². The van der Waals surface area contributed by atoms with E-state index < -0.39 is 22.3 Å². The van der Waals surface area contributed by atoms with Crippen LogP contribution in [0, 0.1) is 10.1 Å². The SMILES string of the molecule is CCOC(=O)CC1(O)CCc2cc(-c3ccc([N+](=O)[O-])cc3)ccc2C1(OC)OC. The molecular formula is C22H25NO7. The number of esters is 1. The van der Waals surface area contributed by atoms with Crippen molar-refractivity contribution in [2.75, 3.05) is 20.8 Å². The molecule has 1 aliphatic carbocycles. The molecule has 0 aliphatic heterocycles. The van der Waals surface area contributed by atoms with Crippen molar-refractivity contribution in [2.24, 2.45) is 0 Å². The smallest absolute Gasteiger partial charge is 0.308 e. The topological polar surface area (TPSA) is 108 Å². The van der Waals surface area contributed by atoms with Crippen LogP contribution in [0.3, 0.4) is 0 Å². The lowest BCUT2D eigenvalue weighted by Crippen LogP contribution is -2.58. The third kappa shape index (κ3) is 3.69. The van der Waals surface area contributed by atoms with Crippen LogP contribution in [0.2, 0.25) is 0 Å². The first kappa shape index (κ1) is 21.9. The molecule has 30 heavy (non-hydrogen) atoms. The van der Waals surface area contributed by atoms with Gasteiger partial charge in [0, 0.05) is 31.9 Å². The molecular weight excluding hydrogens is 390 g/mol. The summed E-state index contributed by atoms with van der Waals surface area (Å²) < 4.78 is 16.4. The van der Waals surface area contributed by atoms with Crippen LogP contribution in [0.5, 0.6) is 0 Å². The number of ether oxygens (including phenoxy) is 3. The van der Waals surface area contributed by atoms with Gasteiger partial charge >= 0.3 is 5.97 Å². The van der Waals surface area contributed by atoms with E-state index in [1.54, 1.807) is 25.1 Å². The van der Waals surface area contributed by atoms with Gasteiger partial charge in [0.25, 0.3) is 5.69 Å². The van der Waals surface area contributed by atoms with Gasteiger partial charge in [-0.15, -0.1) is 0 Å². The van der Waals surface area contributed by atoms with Crippen LogP contribution in [-0.4, -0.2) is 42.4 Å². The zero-order chi connectivity index (χ0) is 21.9. The molecule has 8 heteroatoms. The highest BCUT2D eigenvalue weighted by Gasteiger charge is 2.57. The zero-order valence-corrected chi connectivity index (χ0v) is 17.2. The van der Waals surface area contributed by atoms with E-state index >= 15 is 0 Å². The number of carbonyl (C=O) groups excluding carboxylic acids is 1. The molecule has 8 nitrogen and oxygen atoms in total. The lowest BCUT2D eigenvalue weighted by Gasteiger charge is -2.48. The molecule has 160 valence electrons. The number of rotatable bonds is 7. The van der Waals surface area contributed by atoms with Gasteiger partial charge in [-0.25, -0.2) is 0 Å². The van der Waals surface area contributed by atoms with E-state index in [9.17, 15) is 20.0 Å². The minimum atomic E-state index is -1.59. The number of aliphatic hydroxyl groups is 1. The second-order valence-corrected chi connectivity index (χ2v) is 7.21. The van der Waals surface area contributed by atoms with Crippen molar-refractivity contribution in [3.05, 3.63) is 63.7 Å². The van der Waals surface area contributed by atoms with Gasteiger partial charge in [0.2, 0.25) is 5.79 Å². The van der Waals surface area contributed by atoms with Crippen molar-refractivity contribution in [1.82, 2.24) is 0 Å². The summed E-state index contributed by atoms with van der Waals surface area (Å²) in [4.78, 5) is 22.6. The first-order valence-electron chi connectivity index (χ1n) is 9.66. The average molecular weight is 415 g/mol. The van der Waals surface area contributed by atoms with E-state index in [0.29, 0.717) is 12.0 Å². The molecule has 1 atom stereocenters. The molecule has 1 N–H and O–H groups in total. The summed E-state index contributed by atoms with van der Waals surface area (Å²) in [7, 11) is 2.86. The maximum Gasteiger partial charge on any atom is 0.308 e. The standard InChI is InChI=1S/C22H25NO7/c1-4-30-20(24)14-21(25)12-11-17-13-16(7-10-19(17)22(21,28-2)29-3)15-5-8-18(9-6-15)23(26)27/h5-10,13,25H,4,11-12,14H2,1-3H3. The molecule has 1 unspecified atom stereocenters. The molecule has 0 heterocycles. The largest absolute Gasteiger partial charge is 0.466 e. The van der Waals surface area contributed by atoms with Gasteiger partial charge in [-0.3, -0.25) is 14.9 Å². The predicted octanol–water partition coefficient (Wildman–Crippen LogP) is 3.34. The summed E-state index contributed by atoms with van der Waals surface area (Å²) in [5.41, 5.74) is 1.68. The highest BCUT2D eigenvalue weighted by atomic mass is 16.7. The number of hydrogen-bond acceptors (Lipinski definition) is 7. The molecule has 0 spiro atoms. The number of non-ortho nitro benzene ring substituents is 1. The molecule has 0 bridgehead atoms. The third-order valence-corrected chi connectivity index (χ3v) is 5.61. The Kier molecular flexibility index (Phi) is 6.21. The van der Waals surface area contributed by atoms with Crippen molar-refractivity contribution in [1.29, 1.82) is 0 Å².